The van der Waals surface area contributed by atoms with E-state index in [1.54, 1.807) is 0 Å². The molecule has 0 radical (unpaired) electrons. The maximum absolute atomic E-state index is 11.9. The van der Waals surface area contributed by atoms with Gasteiger partial charge in [-0.2, -0.15) is 0 Å². The number of rotatable bonds is 8. The van der Waals surface area contributed by atoms with Gasteiger partial charge in [-0.05, 0) is 52.1 Å². The molecule has 0 spiro atoms. The summed E-state index contributed by atoms with van der Waals surface area (Å²) in [5.41, 5.74) is 0.282. The van der Waals surface area contributed by atoms with Gasteiger partial charge in [-0.25, -0.2) is 0 Å². The van der Waals surface area contributed by atoms with Gasteiger partial charge in [-0.1, -0.05) is 32.6 Å². The molecule has 0 aromatic rings. The summed E-state index contributed by atoms with van der Waals surface area (Å²) in [5, 5.41) is 9.89. The van der Waals surface area contributed by atoms with Crippen molar-refractivity contribution in [2.24, 2.45) is 4.99 Å². The van der Waals surface area contributed by atoms with Crippen LogP contribution in [0.3, 0.4) is 0 Å². The predicted octanol–water partition coefficient (Wildman–Crippen LogP) is 2.65. The fourth-order valence-electron chi connectivity index (χ4n) is 4.40. The second-order valence-corrected chi connectivity index (χ2v) is 8.31. The molecular formula is C21H41N5O. The van der Waals surface area contributed by atoms with Crippen molar-refractivity contribution in [3.8, 4) is 0 Å². The van der Waals surface area contributed by atoms with Crippen molar-refractivity contribution >= 4 is 11.9 Å². The van der Waals surface area contributed by atoms with Gasteiger partial charge in [0.15, 0.2) is 5.96 Å². The Hall–Kier alpha value is -1.30. The van der Waals surface area contributed by atoms with E-state index in [1.807, 2.05) is 14.0 Å². The average molecular weight is 380 g/mol. The van der Waals surface area contributed by atoms with Crippen LogP contribution in [0.4, 0.5) is 0 Å². The minimum Gasteiger partial charge on any atom is -0.356 e. The van der Waals surface area contributed by atoms with Crippen LogP contribution in [-0.4, -0.2) is 61.6 Å². The van der Waals surface area contributed by atoms with Gasteiger partial charge < -0.3 is 16.0 Å². The van der Waals surface area contributed by atoms with Crippen LogP contribution in [0, 0.1) is 0 Å². The van der Waals surface area contributed by atoms with E-state index in [-0.39, 0.29) is 17.5 Å². The van der Waals surface area contributed by atoms with E-state index in [4.69, 9.17) is 0 Å². The minimum absolute atomic E-state index is 0.101. The Labute approximate surface area is 165 Å². The Kier molecular flexibility index (Phi) is 9.39. The van der Waals surface area contributed by atoms with Crippen LogP contribution in [0.5, 0.6) is 0 Å². The molecule has 1 saturated carbocycles. The molecule has 2 fully saturated rings. The number of piperidine rings is 1. The molecule has 156 valence electrons. The number of aliphatic imine (C=N–C) groups is 1. The predicted molar refractivity (Wildman–Crippen MR) is 113 cm³/mol. The van der Waals surface area contributed by atoms with E-state index in [1.165, 1.54) is 64.5 Å². The number of carbonyl (C=O) groups is 1. The topological polar surface area (TPSA) is 68.8 Å². The minimum atomic E-state index is 0.101. The Bertz CT molecular complexity index is 467. The highest BCUT2D eigenvalue weighted by atomic mass is 16.1. The maximum Gasteiger partial charge on any atom is 0.221 e. The molecule has 1 saturated heterocycles. The number of guanidine groups is 1. The monoisotopic (exact) mass is 379 g/mol. The van der Waals surface area contributed by atoms with Crippen LogP contribution in [0.1, 0.15) is 78.1 Å². The van der Waals surface area contributed by atoms with Gasteiger partial charge in [0, 0.05) is 38.1 Å². The van der Waals surface area contributed by atoms with E-state index >= 15 is 0 Å². The molecule has 1 amide bonds. The zero-order valence-corrected chi connectivity index (χ0v) is 17.8. The van der Waals surface area contributed by atoms with Crippen molar-refractivity contribution in [1.29, 1.82) is 0 Å². The highest BCUT2D eigenvalue weighted by Gasteiger charge is 2.38. The number of hydrogen-bond acceptors (Lipinski definition) is 3. The van der Waals surface area contributed by atoms with Crippen molar-refractivity contribution in [3.63, 3.8) is 0 Å². The third-order valence-electron chi connectivity index (χ3n) is 6.28. The molecule has 3 N–H and O–H groups in total. The number of likely N-dealkylation sites (tertiary alicyclic amines) is 1. The summed E-state index contributed by atoms with van der Waals surface area (Å²) < 4.78 is 0. The summed E-state index contributed by atoms with van der Waals surface area (Å²) in [6.07, 6.45) is 12.1. The molecule has 1 heterocycles. The number of carbonyl (C=O) groups excluding carboxylic acids is 1. The highest BCUT2D eigenvalue weighted by molar-refractivity contribution is 5.81. The largest absolute Gasteiger partial charge is 0.356 e. The summed E-state index contributed by atoms with van der Waals surface area (Å²) in [7, 11) is 1.81. The van der Waals surface area contributed by atoms with Crippen LogP contribution in [0.2, 0.25) is 0 Å². The van der Waals surface area contributed by atoms with Crippen molar-refractivity contribution < 1.29 is 4.79 Å². The first-order valence-corrected chi connectivity index (χ1v) is 11.1. The molecule has 1 aliphatic heterocycles. The number of hydrogen-bond donors (Lipinski definition) is 3. The normalized spacial score (nSPS) is 22.1. The molecule has 1 unspecified atom stereocenters. The Balaban J connectivity index is 1.80. The molecule has 2 rings (SSSR count). The number of amides is 1. The van der Waals surface area contributed by atoms with Gasteiger partial charge in [0.2, 0.25) is 5.91 Å². The van der Waals surface area contributed by atoms with Crippen LogP contribution < -0.4 is 16.0 Å². The molecule has 6 heteroatoms. The van der Waals surface area contributed by atoms with E-state index in [0.717, 1.165) is 18.9 Å². The second-order valence-electron chi connectivity index (χ2n) is 8.31. The fourth-order valence-corrected chi connectivity index (χ4v) is 4.40. The summed E-state index contributed by atoms with van der Waals surface area (Å²) in [5.74, 6) is 0.915. The Morgan fingerprint density at radius 3 is 2.37 bits per heavy atom. The summed E-state index contributed by atoms with van der Waals surface area (Å²) in [6.45, 7) is 8.16. The lowest BCUT2D eigenvalue weighted by Crippen LogP contribution is -2.59. The van der Waals surface area contributed by atoms with Gasteiger partial charge in [0.1, 0.15) is 0 Å². The lowest BCUT2D eigenvalue weighted by atomic mass is 9.79. The zero-order chi connectivity index (χ0) is 19.5. The van der Waals surface area contributed by atoms with Crippen LogP contribution in [-0.2, 0) is 4.79 Å². The van der Waals surface area contributed by atoms with Crippen LogP contribution in [0.25, 0.3) is 0 Å². The number of nitrogens with one attached hydrogen (secondary N) is 3. The number of nitrogens with zero attached hydrogens (tertiary/aromatic N) is 2. The summed E-state index contributed by atoms with van der Waals surface area (Å²) >= 11 is 0. The molecule has 2 aliphatic rings. The Morgan fingerprint density at radius 2 is 1.74 bits per heavy atom. The molecule has 1 atom stereocenters. The standard InChI is InChI=1S/C21H41N5O/c1-4-18(2)25-19(27)11-14-23-20(22-3)24-17-21(12-7-5-8-13-21)26-15-9-6-10-16-26/h18H,4-17H2,1-3H3,(H,25,27)(H2,22,23,24). The molecule has 1 aliphatic carbocycles. The van der Waals surface area contributed by atoms with Crippen molar-refractivity contribution in [2.45, 2.75) is 89.6 Å². The van der Waals surface area contributed by atoms with Gasteiger partial charge in [-0.3, -0.25) is 14.7 Å². The molecule has 0 aromatic heterocycles. The van der Waals surface area contributed by atoms with Crippen molar-refractivity contribution in [3.05, 3.63) is 0 Å². The molecule has 27 heavy (non-hydrogen) atoms. The first kappa shape index (κ1) is 22.0. The first-order valence-electron chi connectivity index (χ1n) is 11.1. The van der Waals surface area contributed by atoms with Crippen molar-refractivity contribution in [2.75, 3.05) is 33.2 Å². The molecule has 0 bridgehead atoms. The SMILES string of the molecule is CCC(C)NC(=O)CCNC(=NC)NCC1(N2CCCCC2)CCCCC1. The molecule has 0 aromatic carbocycles. The second kappa shape index (κ2) is 11.5. The Morgan fingerprint density at radius 1 is 1.07 bits per heavy atom. The van der Waals surface area contributed by atoms with E-state index in [2.05, 4.69) is 32.8 Å². The van der Waals surface area contributed by atoms with Crippen LogP contribution in [0.15, 0.2) is 4.99 Å². The van der Waals surface area contributed by atoms with Gasteiger partial charge in [0.05, 0.1) is 0 Å². The first-order chi connectivity index (χ1) is 13.1. The highest BCUT2D eigenvalue weighted by Crippen LogP contribution is 2.35. The van der Waals surface area contributed by atoms with E-state index in [9.17, 15) is 4.79 Å². The molecular weight excluding hydrogens is 338 g/mol. The van der Waals surface area contributed by atoms with Crippen molar-refractivity contribution in [1.82, 2.24) is 20.9 Å². The fraction of sp³-hybridized carbons (Fsp3) is 0.905. The average Bonchev–Trinajstić information content (AvgIpc) is 2.71. The van der Waals surface area contributed by atoms with Crippen LogP contribution >= 0.6 is 0 Å². The van der Waals surface area contributed by atoms with E-state index < -0.39 is 0 Å². The maximum atomic E-state index is 11.9. The molecule has 6 nitrogen and oxygen atoms in total. The lowest BCUT2D eigenvalue weighted by molar-refractivity contribution is -0.121. The third kappa shape index (κ3) is 6.98. The third-order valence-corrected chi connectivity index (χ3v) is 6.28. The zero-order valence-electron chi connectivity index (χ0n) is 17.8. The lowest BCUT2D eigenvalue weighted by Gasteiger charge is -2.48. The summed E-state index contributed by atoms with van der Waals surface area (Å²) in [4.78, 5) is 19.0. The summed E-state index contributed by atoms with van der Waals surface area (Å²) in [6, 6.07) is 0.241. The van der Waals surface area contributed by atoms with Gasteiger partial charge in [-0.15, -0.1) is 0 Å². The van der Waals surface area contributed by atoms with E-state index in [0.29, 0.717) is 13.0 Å². The quantitative estimate of drug-likeness (QED) is 0.448. The smallest absolute Gasteiger partial charge is 0.221 e. The van der Waals surface area contributed by atoms with Gasteiger partial charge in [0.25, 0.3) is 0 Å². The van der Waals surface area contributed by atoms with Gasteiger partial charge >= 0.3 is 0 Å².